The average molecular weight is 350 g/mol. The lowest BCUT2D eigenvalue weighted by atomic mass is 10.0. The molecule has 2 N–H and O–H groups in total. The summed E-state index contributed by atoms with van der Waals surface area (Å²) in [6.07, 6.45) is 13.4. The van der Waals surface area contributed by atoms with Gasteiger partial charge in [0.2, 0.25) is 0 Å². The predicted molar refractivity (Wildman–Crippen MR) is 101 cm³/mol. The van der Waals surface area contributed by atoms with E-state index in [9.17, 15) is 15.0 Å². The van der Waals surface area contributed by atoms with E-state index in [0.29, 0.717) is 0 Å². The summed E-state index contributed by atoms with van der Waals surface area (Å²) in [5, 5.41) is 19.1. The number of rotatable bonds is 13. The van der Waals surface area contributed by atoms with Gasteiger partial charge in [-0.1, -0.05) is 64.7 Å². The van der Waals surface area contributed by atoms with E-state index in [-0.39, 0.29) is 23.2 Å². The quantitative estimate of drug-likeness (QED) is 0.262. The summed E-state index contributed by atoms with van der Waals surface area (Å²) in [6.45, 7) is 4.11. The Kier molecular flexibility index (Phi) is 10.8. The van der Waals surface area contributed by atoms with Gasteiger partial charge in [-0.3, -0.25) is 0 Å². The van der Waals surface area contributed by atoms with Crippen molar-refractivity contribution in [2.24, 2.45) is 0 Å². The maximum atomic E-state index is 12.0. The molecule has 0 radical (unpaired) electrons. The van der Waals surface area contributed by atoms with Crippen molar-refractivity contribution in [3.63, 3.8) is 0 Å². The maximum Gasteiger partial charge on any atom is 0.342 e. The van der Waals surface area contributed by atoms with E-state index in [0.717, 1.165) is 19.3 Å². The van der Waals surface area contributed by atoms with E-state index in [2.05, 4.69) is 6.92 Å². The monoisotopic (exact) mass is 350 g/mol. The lowest BCUT2D eigenvalue weighted by Gasteiger charge is -2.14. The standard InChI is InChI=1S/C21H34O4/c1-3-4-5-6-7-8-9-10-11-12-13-17(2)25-21(24)19-16-18(22)14-15-20(19)23/h14-17,22-23H,3-13H2,1-2H3. The second-order valence-corrected chi connectivity index (χ2v) is 6.89. The molecule has 0 saturated carbocycles. The van der Waals surface area contributed by atoms with Crippen molar-refractivity contribution in [1.82, 2.24) is 0 Å². The van der Waals surface area contributed by atoms with Crippen LogP contribution in [0.15, 0.2) is 18.2 Å². The van der Waals surface area contributed by atoms with E-state index in [4.69, 9.17) is 4.74 Å². The van der Waals surface area contributed by atoms with Crippen molar-refractivity contribution < 1.29 is 19.7 Å². The molecule has 1 aromatic rings. The van der Waals surface area contributed by atoms with Crippen LogP contribution in [0.5, 0.6) is 11.5 Å². The number of hydrogen-bond acceptors (Lipinski definition) is 4. The number of ether oxygens (including phenoxy) is 1. The average Bonchev–Trinajstić information content (AvgIpc) is 2.58. The summed E-state index contributed by atoms with van der Waals surface area (Å²) >= 11 is 0. The van der Waals surface area contributed by atoms with Gasteiger partial charge in [0.1, 0.15) is 17.1 Å². The summed E-state index contributed by atoms with van der Waals surface area (Å²) in [4.78, 5) is 12.0. The molecule has 0 fully saturated rings. The molecule has 0 aliphatic carbocycles. The molecular formula is C21H34O4. The molecule has 25 heavy (non-hydrogen) atoms. The first-order chi connectivity index (χ1) is 12.0. The molecule has 0 bridgehead atoms. The Balaban J connectivity index is 2.10. The van der Waals surface area contributed by atoms with Crippen LogP contribution in [0.4, 0.5) is 0 Å². The number of aromatic hydroxyl groups is 2. The number of hydrogen-bond donors (Lipinski definition) is 2. The van der Waals surface area contributed by atoms with Crippen LogP contribution in [-0.4, -0.2) is 22.3 Å². The van der Waals surface area contributed by atoms with Crippen molar-refractivity contribution in [1.29, 1.82) is 0 Å². The highest BCUT2D eigenvalue weighted by molar-refractivity contribution is 5.92. The number of unbranched alkanes of at least 4 members (excludes halogenated alkanes) is 9. The highest BCUT2D eigenvalue weighted by atomic mass is 16.5. The fourth-order valence-electron chi connectivity index (χ4n) is 2.91. The summed E-state index contributed by atoms with van der Waals surface area (Å²) in [5.74, 6) is -0.825. The van der Waals surface area contributed by atoms with Crippen molar-refractivity contribution in [2.45, 2.75) is 90.6 Å². The van der Waals surface area contributed by atoms with Crippen LogP contribution >= 0.6 is 0 Å². The Hall–Kier alpha value is -1.71. The van der Waals surface area contributed by atoms with E-state index < -0.39 is 5.97 Å². The van der Waals surface area contributed by atoms with Gasteiger partial charge in [0, 0.05) is 0 Å². The van der Waals surface area contributed by atoms with Crippen molar-refractivity contribution in [3.05, 3.63) is 23.8 Å². The van der Waals surface area contributed by atoms with E-state index in [1.165, 1.54) is 69.6 Å². The second-order valence-electron chi connectivity index (χ2n) is 6.89. The first-order valence-electron chi connectivity index (χ1n) is 9.77. The summed E-state index contributed by atoms with van der Waals surface area (Å²) in [7, 11) is 0. The largest absolute Gasteiger partial charge is 0.508 e. The number of phenols is 2. The molecule has 0 amide bonds. The molecule has 0 spiro atoms. The highest BCUT2D eigenvalue weighted by Gasteiger charge is 2.16. The number of carbonyl (C=O) groups excluding carboxylic acids is 1. The maximum absolute atomic E-state index is 12.0. The zero-order valence-corrected chi connectivity index (χ0v) is 15.8. The Morgan fingerprint density at radius 1 is 0.960 bits per heavy atom. The SMILES string of the molecule is CCCCCCCCCCCCC(C)OC(=O)c1cc(O)ccc1O. The van der Waals surface area contributed by atoms with Gasteiger partial charge in [-0.25, -0.2) is 4.79 Å². The van der Waals surface area contributed by atoms with Crippen LogP contribution in [0.1, 0.15) is 94.8 Å². The minimum absolute atomic E-state index is 0.00919. The second kappa shape index (κ2) is 12.6. The topological polar surface area (TPSA) is 66.8 Å². The number of phenolic OH excluding ortho intramolecular Hbond substituents is 2. The van der Waals surface area contributed by atoms with Gasteiger partial charge in [0.25, 0.3) is 0 Å². The Bertz CT molecular complexity index is 499. The molecule has 0 aromatic heterocycles. The summed E-state index contributed by atoms with van der Waals surface area (Å²) in [5.41, 5.74) is 0.00919. The number of benzene rings is 1. The fourth-order valence-corrected chi connectivity index (χ4v) is 2.91. The van der Waals surface area contributed by atoms with Crippen LogP contribution in [0.25, 0.3) is 0 Å². The Morgan fingerprint density at radius 2 is 1.52 bits per heavy atom. The van der Waals surface area contributed by atoms with Crippen LogP contribution in [0, 0.1) is 0 Å². The highest BCUT2D eigenvalue weighted by Crippen LogP contribution is 2.23. The molecule has 0 aliphatic rings. The normalized spacial score (nSPS) is 12.1. The van der Waals surface area contributed by atoms with E-state index in [1.807, 2.05) is 6.92 Å². The molecule has 0 aliphatic heterocycles. The van der Waals surface area contributed by atoms with Gasteiger partial charge in [-0.15, -0.1) is 0 Å². The Morgan fingerprint density at radius 3 is 2.12 bits per heavy atom. The molecule has 4 heteroatoms. The Labute approximate surface area is 152 Å². The van der Waals surface area contributed by atoms with Gasteiger partial charge in [0.05, 0.1) is 6.10 Å². The lowest BCUT2D eigenvalue weighted by Crippen LogP contribution is -2.15. The van der Waals surface area contributed by atoms with Crippen molar-refractivity contribution >= 4 is 5.97 Å². The van der Waals surface area contributed by atoms with E-state index >= 15 is 0 Å². The van der Waals surface area contributed by atoms with Crippen LogP contribution < -0.4 is 0 Å². The zero-order chi connectivity index (χ0) is 18.5. The molecular weight excluding hydrogens is 316 g/mol. The molecule has 0 saturated heterocycles. The van der Waals surface area contributed by atoms with Gasteiger partial charge >= 0.3 is 5.97 Å². The van der Waals surface area contributed by atoms with Gasteiger partial charge in [0.15, 0.2) is 0 Å². The van der Waals surface area contributed by atoms with Gasteiger partial charge in [-0.2, -0.15) is 0 Å². The van der Waals surface area contributed by atoms with Crippen LogP contribution in [0.3, 0.4) is 0 Å². The minimum Gasteiger partial charge on any atom is -0.508 e. The third-order valence-corrected chi connectivity index (χ3v) is 4.47. The van der Waals surface area contributed by atoms with Gasteiger partial charge in [-0.05, 0) is 38.0 Å². The van der Waals surface area contributed by atoms with Crippen molar-refractivity contribution in [2.75, 3.05) is 0 Å². The zero-order valence-electron chi connectivity index (χ0n) is 15.8. The minimum atomic E-state index is -0.590. The summed E-state index contributed by atoms with van der Waals surface area (Å²) < 4.78 is 5.34. The predicted octanol–water partition coefficient (Wildman–Crippen LogP) is 5.95. The molecule has 1 atom stereocenters. The van der Waals surface area contributed by atoms with Gasteiger partial charge < -0.3 is 14.9 Å². The molecule has 1 rings (SSSR count). The summed E-state index contributed by atoms with van der Waals surface area (Å²) in [6, 6.07) is 3.85. The molecule has 4 nitrogen and oxygen atoms in total. The third kappa shape index (κ3) is 9.37. The third-order valence-electron chi connectivity index (χ3n) is 4.47. The lowest BCUT2D eigenvalue weighted by molar-refractivity contribution is 0.0316. The first-order valence-corrected chi connectivity index (χ1v) is 9.77. The van der Waals surface area contributed by atoms with E-state index in [1.54, 1.807) is 0 Å². The molecule has 1 aromatic carbocycles. The van der Waals surface area contributed by atoms with Crippen LogP contribution in [-0.2, 0) is 4.74 Å². The number of esters is 1. The first kappa shape index (κ1) is 21.3. The van der Waals surface area contributed by atoms with Crippen LogP contribution in [0.2, 0.25) is 0 Å². The van der Waals surface area contributed by atoms with Crippen molar-refractivity contribution in [3.8, 4) is 11.5 Å². The molecule has 0 heterocycles. The fraction of sp³-hybridized carbons (Fsp3) is 0.667. The molecule has 142 valence electrons. The molecule has 1 unspecified atom stereocenters. The smallest absolute Gasteiger partial charge is 0.342 e. The number of carbonyl (C=O) groups is 1.